The Morgan fingerprint density at radius 3 is 2.26 bits per heavy atom. The summed E-state index contributed by atoms with van der Waals surface area (Å²) in [5, 5.41) is 8.54. The van der Waals surface area contributed by atoms with Gasteiger partial charge in [-0.05, 0) is 47.9 Å². The smallest absolute Gasteiger partial charge is 0.328 e. The average Bonchev–Trinajstić information content (AvgIpc) is 3.44. The number of urea groups is 1. The van der Waals surface area contributed by atoms with Gasteiger partial charge in [0.15, 0.2) is 10.8 Å². The highest BCUT2D eigenvalue weighted by atomic mass is 32.1. The van der Waals surface area contributed by atoms with Crippen molar-refractivity contribution in [1.82, 2.24) is 10.3 Å². The maximum absolute atomic E-state index is 12.7. The Morgan fingerprint density at radius 2 is 1.56 bits per heavy atom. The molecule has 1 unspecified atom stereocenters. The predicted molar refractivity (Wildman–Crippen MR) is 151 cm³/mol. The van der Waals surface area contributed by atoms with Crippen LogP contribution in [0.5, 0.6) is 11.5 Å². The topological polar surface area (TPSA) is 119 Å². The number of esters is 1. The van der Waals surface area contributed by atoms with E-state index in [1.54, 1.807) is 30.5 Å². The Kier molecular flexibility index (Phi) is 8.90. The number of aromatic nitrogens is 1. The average molecular weight is 545 g/mol. The summed E-state index contributed by atoms with van der Waals surface area (Å²) in [5.74, 6) is 0.0967. The molecule has 0 aliphatic rings. The van der Waals surface area contributed by atoms with Crippen molar-refractivity contribution in [2.75, 3.05) is 17.7 Å². The van der Waals surface area contributed by atoms with Gasteiger partial charge in [0.1, 0.15) is 11.8 Å². The monoisotopic (exact) mass is 544 g/mol. The summed E-state index contributed by atoms with van der Waals surface area (Å²) in [4.78, 5) is 42.2. The molecule has 0 aliphatic carbocycles. The molecule has 1 heterocycles. The van der Waals surface area contributed by atoms with Gasteiger partial charge in [-0.15, -0.1) is 11.3 Å². The zero-order chi connectivity index (χ0) is 27.8. The van der Waals surface area contributed by atoms with Crippen LogP contribution in [0, 0.1) is 5.92 Å². The lowest BCUT2D eigenvalue weighted by molar-refractivity contribution is -0.144. The number of nitrogens with one attached hydrogen (secondary N) is 3. The molecule has 3 aromatic carbocycles. The number of nitrogens with zero attached hydrogens (tertiary/aromatic N) is 1. The fraction of sp³-hybridized carbons (Fsp3) is 0.172. The number of benzene rings is 3. The van der Waals surface area contributed by atoms with E-state index in [0.717, 1.165) is 10.4 Å². The number of ether oxygens (including phenoxy) is 2. The van der Waals surface area contributed by atoms with Crippen LogP contribution < -0.4 is 20.7 Å². The highest BCUT2D eigenvalue weighted by molar-refractivity contribution is 7.17. The molecule has 9 nitrogen and oxygen atoms in total. The lowest BCUT2D eigenvalue weighted by Gasteiger charge is -2.18. The number of carbonyl (C=O) groups is 3. The van der Waals surface area contributed by atoms with Crippen molar-refractivity contribution < 1.29 is 23.9 Å². The fourth-order valence-corrected chi connectivity index (χ4v) is 4.44. The maximum atomic E-state index is 12.7. The Hall–Kier alpha value is -4.70. The van der Waals surface area contributed by atoms with Crippen LogP contribution in [-0.4, -0.2) is 36.0 Å². The van der Waals surface area contributed by atoms with Crippen LogP contribution in [0.1, 0.15) is 23.6 Å². The second kappa shape index (κ2) is 12.7. The molecule has 10 heteroatoms. The Balaban J connectivity index is 1.37. The first-order valence-corrected chi connectivity index (χ1v) is 13.0. The molecule has 1 atom stereocenters. The zero-order valence-electron chi connectivity index (χ0n) is 21.6. The summed E-state index contributed by atoms with van der Waals surface area (Å²) < 4.78 is 10.7. The molecule has 200 valence electrons. The van der Waals surface area contributed by atoms with Crippen LogP contribution >= 0.6 is 11.3 Å². The van der Waals surface area contributed by atoms with Crippen molar-refractivity contribution >= 4 is 40.6 Å². The first-order valence-electron chi connectivity index (χ1n) is 12.2. The third kappa shape index (κ3) is 7.20. The van der Waals surface area contributed by atoms with Gasteiger partial charge in [0.25, 0.3) is 5.91 Å². The minimum atomic E-state index is -0.761. The van der Waals surface area contributed by atoms with Gasteiger partial charge in [0.2, 0.25) is 0 Å². The van der Waals surface area contributed by atoms with Gasteiger partial charge in [0, 0.05) is 11.9 Å². The van der Waals surface area contributed by atoms with E-state index in [-0.39, 0.29) is 10.9 Å². The number of amides is 3. The number of para-hydroxylation sites is 3. The van der Waals surface area contributed by atoms with Gasteiger partial charge in [-0.1, -0.05) is 56.3 Å². The quantitative estimate of drug-likeness (QED) is 0.217. The fourth-order valence-electron chi connectivity index (χ4n) is 3.62. The second-order valence-electron chi connectivity index (χ2n) is 8.82. The van der Waals surface area contributed by atoms with Gasteiger partial charge in [-0.2, -0.15) is 0 Å². The summed E-state index contributed by atoms with van der Waals surface area (Å²) in [7, 11) is 1.28. The first-order chi connectivity index (χ1) is 18.8. The van der Waals surface area contributed by atoms with Crippen molar-refractivity contribution in [3.05, 3.63) is 90.1 Å². The summed E-state index contributed by atoms with van der Waals surface area (Å²) in [5.41, 5.74) is 1.93. The second-order valence-corrected chi connectivity index (χ2v) is 9.85. The lowest BCUT2D eigenvalue weighted by Crippen LogP contribution is -2.44. The lowest BCUT2D eigenvalue weighted by atomic mass is 10.0. The molecule has 0 saturated heterocycles. The summed E-state index contributed by atoms with van der Waals surface area (Å²) in [6.07, 6.45) is 1.60. The summed E-state index contributed by atoms with van der Waals surface area (Å²) >= 11 is 1.20. The number of thiazole rings is 1. The van der Waals surface area contributed by atoms with Crippen molar-refractivity contribution in [3.8, 4) is 21.9 Å². The van der Waals surface area contributed by atoms with Gasteiger partial charge >= 0.3 is 12.0 Å². The Bertz CT molecular complexity index is 1440. The highest BCUT2D eigenvalue weighted by Crippen LogP contribution is 2.30. The van der Waals surface area contributed by atoms with E-state index >= 15 is 0 Å². The van der Waals surface area contributed by atoms with Gasteiger partial charge in [-0.25, -0.2) is 14.6 Å². The molecule has 0 spiro atoms. The number of hydrogen-bond acceptors (Lipinski definition) is 7. The SMILES string of the molecule is COC(=O)C(NC(=O)c1ncc(-c2ccc(NC(=O)Nc3ccccc3Oc3ccccc3)cc2)s1)C(C)C. The van der Waals surface area contributed by atoms with E-state index in [1.807, 2.05) is 68.4 Å². The molecule has 0 fully saturated rings. The molecule has 0 radical (unpaired) electrons. The van der Waals surface area contributed by atoms with E-state index in [0.29, 0.717) is 22.9 Å². The molecule has 0 saturated carbocycles. The number of carbonyl (C=O) groups excluding carboxylic acids is 3. The van der Waals surface area contributed by atoms with Crippen molar-refractivity contribution in [2.24, 2.45) is 5.92 Å². The molecule has 4 rings (SSSR count). The maximum Gasteiger partial charge on any atom is 0.328 e. The predicted octanol–water partition coefficient (Wildman–Crippen LogP) is 6.17. The molecule has 1 aromatic heterocycles. The zero-order valence-corrected chi connectivity index (χ0v) is 22.5. The molecule has 4 aromatic rings. The summed E-state index contributed by atoms with van der Waals surface area (Å²) in [6, 6.07) is 22.5. The van der Waals surface area contributed by atoms with E-state index < -0.39 is 23.9 Å². The largest absolute Gasteiger partial charge is 0.467 e. The van der Waals surface area contributed by atoms with Gasteiger partial charge < -0.3 is 25.4 Å². The van der Waals surface area contributed by atoms with Crippen LogP contribution in [-0.2, 0) is 9.53 Å². The number of hydrogen-bond donors (Lipinski definition) is 3. The molecule has 39 heavy (non-hydrogen) atoms. The molecule has 0 aliphatic heterocycles. The number of anilines is 2. The minimum absolute atomic E-state index is 0.136. The van der Waals surface area contributed by atoms with Crippen LogP contribution in [0.3, 0.4) is 0 Å². The van der Waals surface area contributed by atoms with Crippen molar-refractivity contribution in [1.29, 1.82) is 0 Å². The standard InChI is InChI=1S/C29H28N4O5S/c1-18(2)25(28(35)37-3)33-26(34)27-30-17-24(39-27)19-13-15-20(16-14-19)31-29(36)32-22-11-7-8-12-23(22)38-21-9-5-4-6-10-21/h4-18,25H,1-3H3,(H,33,34)(H2,31,32,36). The van der Waals surface area contributed by atoms with Gasteiger partial charge in [0.05, 0.1) is 17.7 Å². The number of methoxy groups -OCH3 is 1. The van der Waals surface area contributed by atoms with Gasteiger partial charge in [-0.3, -0.25) is 4.79 Å². The third-order valence-electron chi connectivity index (χ3n) is 5.64. The normalized spacial score (nSPS) is 11.4. The molecule has 3 N–H and O–H groups in total. The van der Waals surface area contributed by atoms with Crippen molar-refractivity contribution in [2.45, 2.75) is 19.9 Å². The molecular formula is C29H28N4O5S. The molecular weight excluding hydrogens is 516 g/mol. The third-order valence-corrected chi connectivity index (χ3v) is 6.69. The first kappa shape index (κ1) is 27.3. The molecule has 3 amide bonds. The van der Waals surface area contributed by atoms with E-state index in [9.17, 15) is 14.4 Å². The van der Waals surface area contributed by atoms with Crippen molar-refractivity contribution in [3.63, 3.8) is 0 Å². The highest BCUT2D eigenvalue weighted by Gasteiger charge is 2.26. The Morgan fingerprint density at radius 1 is 0.872 bits per heavy atom. The minimum Gasteiger partial charge on any atom is -0.467 e. The number of rotatable bonds is 9. The van der Waals surface area contributed by atoms with Crippen LogP contribution in [0.15, 0.2) is 85.1 Å². The Labute approximate surface area is 230 Å². The van der Waals surface area contributed by atoms with Crippen LogP contribution in [0.25, 0.3) is 10.4 Å². The summed E-state index contributed by atoms with van der Waals surface area (Å²) in [6.45, 7) is 3.64. The molecule has 0 bridgehead atoms. The van der Waals surface area contributed by atoms with E-state index in [2.05, 4.69) is 20.9 Å². The van der Waals surface area contributed by atoms with E-state index in [1.165, 1.54) is 18.4 Å². The van der Waals surface area contributed by atoms with Crippen LogP contribution in [0.2, 0.25) is 0 Å². The van der Waals surface area contributed by atoms with Crippen LogP contribution in [0.4, 0.5) is 16.2 Å². The van der Waals surface area contributed by atoms with E-state index in [4.69, 9.17) is 9.47 Å².